The van der Waals surface area contributed by atoms with Gasteiger partial charge < -0.3 is 0 Å². The number of aryl methyl sites for hydroxylation is 4. The van der Waals surface area contributed by atoms with Crippen LogP contribution in [-0.2, 0) is 0 Å². The molecule has 30 heavy (non-hydrogen) atoms. The fourth-order valence-corrected chi connectivity index (χ4v) is 11.5. The lowest BCUT2D eigenvalue weighted by atomic mass is 10.0. The largest absolute Gasteiger partial charge is 0.101 e. The van der Waals surface area contributed by atoms with Gasteiger partial charge in [0.25, 0.3) is 0 Å². The number of rotatable bonds is 5. The summed E-state index contributed by atoms with van der Waals surface area (Å²) in [7, 11) is -0.336. The highest BCUT2D eigenvalue weighted by Gasteiger charge is 2.41. The third-order valence-electron chi connectivity index (χ3n) is 7.08. The van der Waals surface area contributed by atoms with Crippen LogP contribution < -0.4 is 10.6 Å². The van der Waals surface area contributed by atoms with Gasteiger partial charge in [0.05, 0.1) is 0 Å². The summed E-state index contributed by atoms with van der Waals surface area (Å²) in [6.45, 7) is 21.6. The maximum atomic E-state index is 2.59. The van der Waals surface area contributed by atoms with Crippen molar-refractivity contribution >= 4 is 26.5 Å². The van der Waals surface area contributed by atoms with Crippen molar-refractivity contribution in [2.24, 2.45) is 5.92 Å². The number of hydrogen-bond donors (Lipinski definition) is 0. The lowest BCUT2D eigenvalue weighted by Gasteiger charge is -2.40. The molecule has 0 heterocycles. The van der Waals surface area contributed by atoms with Crippen LogP contribution in [-0.4, -0.2) is 23.1 Å². The molecule has 164 valence electrons. The second kappa shape index (κ2) is 9.43. The van der Waals surface area contributed by atoms with E-state index in [2.05, 4.69) is 98.5 Å². The van der Waals surface area contributed by atoms with Gasteiger partial charge in [0.1, 0.15) is 0 Å². The van der Waals surface area contributed by atoms with Gasteiger partial charge in [-0.1, -0.05) is 92.8 Å². The van der Waals surface area contributed by atoms with Crippen molar-refractivity contribution in [1.82, 2.24) is 0 Å². The number of hydrogen-bond acceptors (Lipinski definition) is 0. The van der Waals surface area contributed by atoms with Gasteiger partial charge in [-0.25, -0.2) is 0 Å². The molecule has 2 heteroatoms. The summed E-state index contributed by atoms with van der Waals surface area (Å²) in [5.74, 6) is 0.855. The minimum absolute atomic E-state index is 0.0284. The monoisotopic (exact) mass is 440 g/mol. The van der Waals surface area contributed by atoms with E-state index in [1.54, 1.807) is 10.6 Å². The fourth-order valence-electron chi connectivity index (χ4n) is 5.50. The smallest absolute Gasteiger partial charge is 0.0123 e. The molecule has 0 spiro atoms. The van der Waals surface area contributed by atoms with E-state index in [1.165, 1.54) is 41.5 Å². The molecule has 2 aromatic rings. The second-order valence-electron chi connectivity index (χ2n) is 10.7. The van der Waals surface area contributed by atoms with Crippen LogP contribution in [0.5, 0.6) is 0 Å². The van der Waals surface area contributed by atoms with Crippen LogP contribution in [0.15, 0.2) is 36.4 Å². The minimum atomic E-state index is -0.365. The molecule has 1 fully saturated rings. The van der Waals surface area contributed by atoms with Gasteiger partial charge in [0.2, 0.25) is 0 Å². The molecule has 0 radical (unpaired) electrons. The lowest BCUT2D eigenvalue weighted by molar-refractivity contribution is 0.541. The second-order valence-corrected chi connectivity index (χ2v) is 16.6. The summed E-state index contributed by atoms with van der Waals surface area (Å²) >= 11 is 0. The van der Waals surface area contributed by atoms with Crippen LogP contribution in [0.1, 0.15) is 69.2 Å². The molecule has 0 bridgehead atoms. The van der Waals surface area contributed by atoms with Crippen LogP contribution in [0, 0.1) is 33.6 Å². The van der Waals surface area contributed by atoms with Crippen molar-refractivity contribution in [1.29, 1.82) is 0 Å². The van der Waals surface area contributed by atoms with Crippen LogP contribution in [0.25, 0.3) is 0 Å². The maximum absolute atomic E-state index is 2.59. The van der Waals surface area contributed by atoms with E-state index in [4.69, 9.17) is 0 Å². The predicted molar refractivity (Wildman–Crippen MR) is 141 cm³/mol. The Morgan fingerprint density at radius 2 is 1.20 bits per heavy atom. The van der Waals surface area contributed by atoms with Crippen LogP contribution in [0.3, 0.4) is 0 Å². The first-order valence-corrected chi connectivity index (χ1v) is 14.9. The van der Waals surface area contributed by atoms with E-state index < -0.39 is 0 Å². The van der Waals surface area contributed by atoms with Crippen LogP contribution in [0.4, 0.5) is 0 Å². The summed E-state index contributed by atoms with van der Waals surface area (Å²) in [6, 6.07) is 14.6. The minimum Gasteiger partial charge on any atom is -0.101 e. The Morgan fingerprint density at radius 1 is 0.767 bits per heavy atom. The molecule has 3 rings (SSSR count). The third-order valence-corrected chi connectivity index (χ3v) is 13.7. The molecule has 0 aliphatic heterocycles. The van der Waals surface area contributed by atoms with Gasteiger partial charge in [-0.15, -0.1) is 7.92 Å². The Kier molecular flexibility index (Phi) is 7.53. The Bertz CT molecular complexity index is 785. The van der Waals surface area contributed by atoms with E-state index in [1.807, 2.05) is 0 Å². The molecular weight excluding hydrogens is 398 g/mol. The van der Waals surface area contributed by atoms with Gasteiger partial charge in [-0.05, 0) is 88.1 Å². The van der Waals surface area contributed by atoms with Crippen molar-refractivity contribution in [3.63, 3.8) is 0 Å². The summed E-state index contributed by atoms with van der Waals surface area (Å²) in [5.41, 5.74) is 7.27. The van der Waals surface area contributed by atoms with Crippen LogP contribution in [0.2, 0.25) is 0 Å². The normalized spacial score (nSPS) is 21.8. The summed E-state index contributed by atoms with van der Waals surface area (Å²) < 4.78 is 0. The summed E-state index contributed by atoms with van der Waals surface area (Å²) in [4.78, 5) is 0. The molecule has 4 atom stereocenters. The zero-order valence-electron chi connectivity index (χ0n) is 20.7. The fraction of sp³-hybridized carbons (Fsp3) is 0.571. The van der Waals surface area contributed by atoms with Gasteiger partial charge in [-0.3, -0.25) is 0 Å². The molecule has 1 unspecified atom stereocenters. The van der Waals surface area contributed by atoms with Crippen molar-refractivity contribution in [2.75, 3.05) is 6.66 Å². The van der Waals surface area contributed by atoms with E-state index in [0.29, 0.717) is 5.16 Å². The standard InChI is InChI=1S/C28H42P2/c1-19-13-20(2)16-24(15-19)30(25-17-21(3)14-22(4)18-25)23(5)26-11-10-12-27(26)29(9)28(6,7)8/h13-18,23,26-27H,10-12H2,1-9H3/t23-,26+,27+,29?/m1/s1. The molecule has 2 aromatic carbocycles. The first-order valence-electron chi connectivity index (χ1n) is 11.7. The molecule has 0 nitrogen and oxygen atoms in total. The van der Waals surface area contributed by atoms with Gasteiger partial charge in [0, 0.05) is 0 Å². The molecular formula is C28H42P2. The maximum Gasteiger partial charge on any atom is -0.0123 e. The van der Waals surface area contributed by atoms with Crippen molar-refractivity contribution in [3.05, 3.63) is 58.7 Å². The highest BCUT2D eigenvalue weighted by molar-refractivity contribution is 7.73. The first kappa shape index (κ1) is 24.0. The van der Waals surface area contributed by atoms with Gasteiger partial charge in [-0.2, -0.15) is 0 Å². The molecule has 1 aliphatic carbocycles. The molecule has 0 saturated heterocycles. The number of benzene rings is 2. The summed E-state index contributed by atoms with van der Waals surface area (Å²) in [5, 5.41) is 3.62. The quantitative estimate of drug-likeness (QED) is 0.416. The van der Waals surface area contributed by atoms with Crippen LogP contribution >= 0.6 is 15.8 Å². The van der Waals surface area contributed by atoms with Crippen molar-refractivity contribution < 1.29 is 0 Å². The SMILES string of the molecule is Cc1cc(C)cc(P(c2cc(C)cc(C)c2)[C@H](C)[C@@H]2CCC[C@@H]2P(C)C(C)(C)C)c1. The molecule has 0 N–H and O–H groups in total. The van der Waals surface area contributed by atoms with E-state index >= 15 is 0 Å². The van der Waals surface area contributed by atoms with E-state index in [0.717, 1.165) is 17.2 Å². The first-order chi connectivity index (χ1) is 14.0. The molecule has 0 amide bonds. The van der Waals surface area contributed by atoms with Gasteiger partial charge >= 0.3 is 0 Å². The highest BCUT2D eigenvalue weighted by atomic mass is 31.1. The topological polar surface area (TPSA) is 0 Å². The molecule has 1 aliphatic rings. The third kappa shape index (κ3) is 5.37. The Labute approximate surface area is 188 Å². The van der Waals surface area contributed by atoms with E-state index in [9.17, 15) is 0 Å². The van der Waals surface area contributed by atoms with E-state index in [-0.39, 0.29) is 15.8 Å². The Morgan fingerprint density at radius 3 is 1.60 bits per heavy atom. The highest BCUT2D eigenvalue weighted by Crippen LogP contribution is 2.60. The lowest BCUT2D eigenvalue weighted by Crippen LogP contribution is -2.32. The molecule has 1 saturated carbocycles. The predicted octanol–water partition coefficient (Wildman–Crippen LogP) is 7.82. The van der Waals surface area contributed by atoms with Crippen molar-refractivity contribution in [3.8, 4) is 0 Å². The average molecular weight is 441 g/mol. The Hall–Kier alpha value is -0.700. The van der Waals surface area contributed by atoms with Crippen molar-refractivity contribution in [2.45, 2.75) is 91.1 Å². The zero-order valence-corrected chi connectivity index (χ0v) is 22.5. The molecule has 0 aromatic heterocycles. The average Bonchev–Trinajstić information content (AvgIpc) is 3.08. The van der Waals surface area contributed by atoms with Gasteiger partial charge in [0.15, 0.2) is 0 Å². The summed E-state index contributed by atoms with van der Waals surface area (Å²) in [6.07, 6.45) is 4.28. The Balaban J connectivity index is 2.07. The zero-order chi connectivity index (χ0) is 22.2.